The maximum absolute atomic E-state index is 8.74. The maximum atomic E-state index is 8.74. The van der Waals surface area contributed by atoms with Gasteiger partial charge in [-0.05, 0) is 0 Å². The summed E-state index contributed by atoms with van der Waals surface area (Å²) < 4.78 is 8.74. The monoisotopic (exact) mass is 193 g/mol. The molecule has 0 bridgehead atoms. The van der Waals surface area contributed by atoms with E-state index in [1.54, 1.807) is 0 Å². The fourth-order valence-electron chi connectivity index (χ4n) is 0. The molecule has 0 rings (SSSR count). The molecule has 0 spiro atoms. The van der Waals surface area contributed by atoms with Gasteiger partial charge in [0.05, 0.1) is 0 Å². The van der Waals surface area contributed by atoms with Crippen LogP contribution < -0.4 is 0 Å². The second kappa shape index (κ2) is 9.70. The van der Waals surface area contributed by atoms with Crippen LogP contribution in [0.1, 0.15) is 2.85 Å². The molecule has 0 amide bonds. The first-order valence-corrected chi connectivity index (χ1v) is 1.95. The summed E-state index contributed by atoms with van der Waals surface area (Å²) >= 11 is 0. The van der Waals surface area contributed by atoms with Gasteiger partial charge in [0, 0.05) is 32.7 Å². The minimum absolute atomic E-state index is 0. The van der Waals surface area contributed by atoms with Crippen LogP contribution in [0, 0.1) is 0 Å². The molecular formula is H4MgO3SiY. The fraction of sp³-hybridized carbons (Fsp3) is 0. The van der Waals surface area contributed by atoms with Crippen molar-refractivity contribution in [3.8, 4) is 0 Å². The molecule has 0 atom stereocenters. The Kier molecular flexibility index (Phi) is 25.3. The van der Waals surface area contributed by atoms with Crippen molar-refractivity contribution in [2.45, 2.75) is 0 Å². The minimum atomic E-state index is -3.13. The number of rotatable bonds is 0. The van der Waals surface area contributed by atoms with Gasteiger partial charge in [0.2, 0.25) is 0 Å². The van der Waals surface area contributed by atoms with Crippen LogP contribution in [0.5, 0.6) is 0 Å². The molecule has 0 aliphatic carbocycles. The molecule has 6 heteroatoms. The molecule has 6 heavy (non-hydrogen) atoms. The van der Waals surface area contributed by atoms with Crippen molar-refractivity contribution in [3.05, 3.63) is 0 Å². The SMILES string of the molecule is O=[Si](O)O.[H-].[H-].[Mg+2].[Y]. The molecule has 0 aromatic carbocycles. The Bertz CT molecular complexity index is 40.3. The normalized spacial score (nSPS) is 4.00. The molecule has 0 saturated heterocycles. The third-order valence-electron chi connectivity index (χ3n) is 0. The van der Waals surface area contributed by atoms with Crippen LogP contribution in [0.25, 0.3) is 0 Å². The summed E-state index contributed by atoms with van der Waals surface area (Å²) in [5.41, 5.74) is 0. The Morgan fingerprint density at radius 3 is 1.50 bits per heavy atom. The van der Waals surface area contributed by atoms with E-state index in [0.29, 0.717) is 0 Å². The smallest absolute Gasteiger partial charge is 1.00 e. The molecule has 0 aromatic rings. The average Bonchev–Trinajstić information content (AvgIpc) is 0.811. The summed E-state index contributed by atoms with van der Waals surface area (Å²) in [7, 11) is -3.13. The molecule has 0 unspecified atom stereocenters. The second-order valence-corrected chi connectivity index (χ2v) is 0.848. The Labute approximate surface area is 81.0 Å². The van der Waals surface area contributed by atoms with Gasteiger partial charge in [0.1, 0.15) is 0 Å². The Morgan fingerprint density at radius 2 is 1.50 bits per heavy atom. The summed E-state index contributed by atoms with van der Waals surface area (Å²) in [5, 5.41) is 0. The third kappa shape index (κ3) is 50.0. The number of hydrogen-bond donors (Lipinski definition) is 2. The number of hydrogen-bond acceptors (Lipinski definition) is 1. The van der Waals surface area contributed by atoms with Crippen LogP contribution in [0.4, 0.5) is 0 Å². The summed E-state index contributed by atoms with van der Waals surface area (Å²) in [6, 6.07) is 0. The Hall–Kier alpha value is 1.49. The summed E-state index contributed by atoms with van der Waals surface area (Å²) in [4.78, 5) is 14.3. The molecule has 0 heterocycles. The van der Waals surface area contributed by atoms with Crippen molar-refractivity contribution in [2.75, 3.05) is 0 Å². The van der Waals surface area contributed by atoms with Crippen molar-refractivity contribution >= 4 is 32.2 Å². The van der Waals surface area contributed by atoms with Gasteiger partial charge < -0.3 is 12.4 Å². The predicted octanol–water partition coefficient (Wildman–Crippen LogP) is -1.77. The van der Waals surface area contributed by atoms with Crippen molar-refractivity contribution in [1.82, 2.24) is 0 Å². The van der Waals surface area contributed by atoms with Crippen molar-refractivity contribution in [2.24, 2.45) is 0 Å². The molecular weight excluding hydrogens is 189 g/mol. The first-order chi connectivity index (χ1) is 1.73. The van der Waals surface area contributed by atoms with E-state index in [9.17, 15) is 0 Å². The molecule has 2 N–H and O–H groups in total. The van der Waals surface area contributed by atoms with Crippen LogP contribution in [0.15, 0.2) is 0 Å². The summed E-state index contributed by atoms with van der Waals surface area (Å²) in [6.45, 7) is 0. The van der Waals surface area contributed by atoms with E-state index >= 15 is 0 Å². The maximum Gasteiger partial charge on any atom is 2.00 e. The Morgan fingerprint density at radius 1 is 1.50 bits per heavy atom. The molecule has 3 nitrogen and oxygen atoms in total. The topological polar surface area (TPSA) is 57.5 Å². The van der Waals surface area contributed by atoms with Gasteiger partial charge in [-0.25, -0.2) is 0 Å². The molecule has 1 radical (unpaired) electrons. The van der Waals surface area contributed by atoms with Gasteiger partial charge in [0.15, 0.2) is 0 Å². The Balaban J connectivity index is -0.00000000750. The van der Waals surface area contributed by atoms with E-state index < -0.39 is 9.17 Å². The van der Waals surface area contributed by atoms with E-state index in [-0.39, 0.29) is 58.6 Å². The van der Waals surface area contributed by atoms with E-state index in [0.717, 1.165) is 0 Å². The zero-order valence-electron chi connectivity index (χ0n) is 5.09. The van der Waals surface area contributed by atoms with Crippen LogP contribution in [-0.2, 0) is 37.2 Å². The minimum Gasteiger partial charge on any atom is -1.00 e. The molecule has 0 saturated carbocycles. The molecule has 0 aliphatic rings. The van der Waals surface area contributed by atoms with Gasteiger partial charge in [0.25, 0.3) is 0 Å². The van der Waals surface area contributed by atoms with Crippen LogP contribution >= 0.6 is 0 Å². The predicted molar refractivity (Wildman–Crippen MR) is 18.9 cm³/mol. The van der Waals surface area contributed by atoms with Crippen LogP contribution in [0.2, 0.25) is 0 Å². The van der Waals surface area contributed by atoms with Gasteiger partial charge >= 0.3 is 32.2 Å². The van der Waals surface area contributed by atoms with Gasteiger partial charge in [-0.15, -0.1) is 0 Å². The summed E-state index contributed by atoms with van der Waals surface area (Å²) in [5.74, 6) is 0. The molecule has 0 fully saturated rings. The average molecular weight is 193 g/mol. The largest absolute Gasteiger partial charge is 2.00 e. The molecule has 0 aromatic heterocycles. The third-order valence-corrected chi connectivity index (χ3v) is 0. The fourth-order valence-corrected chi connectivity index (χ4v) is 0. The summed E-state index contributed by atoms with van der Waals surface area (Å²) in [6.07, 6.45) is 0. The molecule has 0 aliphatic heterocycles. The van der Waals surface area contributed by atoms with E-state index in [1.165, 1.54) is 0 Å². The van der Waals surface area contributed by atoms with Crippen LogP contribution in [0.3, 0.4) is 0 Å². The van der Waals surface area contributed by atoms with E-state index in [4.69, 9.17) is 14.1 Å². The second-order valence-electron chi connectivity index (χ2n) is 0.283. The van der Waals surface area contributed by atoms with Crippen molar-refractivity contribution in [3.63, 3.8) is 0 Å². The van der Waals surface area contributed by atoms with E-state index in [1.807, 2.05) is 0 Å². The van der Waals surface area contributed by atoms with E-state index in [2.05, 4.69) is 0 Å². The van der Waals surface area contributed by atoms with Gasteiger partial charge in [-0.2, -0.15) is 0 Å². The van der Waals surface area contributed by atoms with Crippen molar-refractivity contribution in [1.29, 1.82) is 0 Å². The molecule has 31 valence electrons. The first kappa shape index (κ1) is 15.6. The van der Waals surface area contributed by atoms with Gasteiger partial charge in [-0.3, -0.25) is 4.46 Å². The first-order valence-electron chi connectivity index (χ1n) is 0.651. The standard InChI is InChI=1S/Mg.H2O3Si.Y.2H/c;1-4(2)3;;;/h;1-2H;;;/q+2;;;2*-1. The van der Waals surface area contributed by atoms with Crippen LogP contribution in [-0.4, -0.2) is 41.8 Å². The van der Waals surface area contributed by atoms with Gasteiger partial charge in [-0.1, -0.05) is 0 Å². The zero-order valence-corrected chi connectivity index (χ0v) is 8.34. The quantitative estimate of drug-likeness (QED) is 0.448. The van der Waals surface area contributed by atoms with Crippen molar-refractivity contribution < 1.29 is 49.6 Å². The zero-order chi connectivity index (χ0) is 3.58.